The van der Waals surface area contributed by atoms with Gasteiger partial charge < -0.3 is 39.8 Å². The van der Waals surface area contributed by atoms with Gasteiger partial charge in [-0.3, -0.25) is 4.79 Å². The molecule has 1 aliphatic carbocycles. The highest BCUT2D eigenvalue weighted by Gasteiger charge is 2.31. The van der Waals surface area contributed by atoms with Crippen LogP contribution < -0.4 is 20.1 Å². The second kappa shape index (κ2) is 18.3. The molecule has 4 rings (SSSR count). The highest BCUT2D eigenvalue weighted by molar-refractivity contribution is 6.02. The Morgan fingerprint density at radius 2 is 1.68 bits per heavy atom. The number of hydrogen-bond donors (Lipinski definition) is 3. The molecule has 3 amide bonds. The number of urea groups is 1. The first-order chi connectivity index (χ1) is 22.7. The Morgan fingerprint density at radius 3 is 2.38 bits per heavy atom. The number of aliphatic hydroxyl groups excluding tert-OH is 1. The maximum absolute atomic E-state index is 14.4. The molecule has 0 saturated heterocycles. The van der Waals surface area contributed by atoms with E-state index >= 15 is 0 Å². The Bertz CT molecular complexity index is 1270. The van der Waals surface area contributed by atoms with Gasteiger partial charge in [0.2, 0.25) is 0 Å². The van der Waals surface area contributed by atoms with E-state index in [1.807, 2.05) is 13.8 Å². The summed E-state index contributed by atoms with van der Waals surface area (Å²) in [6.45, 7) is 8.74. The van der Waals surface area contributed by atoms with Crippen molar-refractivity contribution in [2.45, 2.75) is 90.4 Å². The van der Waals surface area contributed by atoms with E-state index in [1.54, 1.807) is 54.5 Å². The average molecular weight is 653 g/mol. The van der Waals surface area contributed by atoms with Crippen molar-refractivity contribution in [1.82, 2.24) is 9.80 Å². The number of rotatable bonds is 9. The molecular weight excluding hydrogens is 596 g/mol. The van der Waals surface area contributed by atoms with Crippen molar-refractivity contribution in [3.05, 3.63) is 48.0 Å². The predicted octanol–water partition coefficient (Wildman–Crippen LogP) is 6.65. The molecule has 2 aromatic carbocycles. The first-order valence-electron chi connectivity index (χ1n) is 17.4. The van der Waals surface area contributed by atoms with E-state index in [0.717, 1.165) is 38.3 Å². The van der Waals surface area contributed by atoms with Crippen molar-refractivity contribution >= 4 is 23.3 Å². The summed E-state index contributed by atoms with van der Waals surface area (Å²) in [6.07, 6.45) is 9.08. The number of hydrogen-bond acceptors (Lipinski definition) is 7. The molecule has 1 aliphatic heterocycles. The number of carbonyl (C=O) groups is 2. The number of methoxy groups -OCH3 is 1. The third kappa shape index (κ3) is 11.1. The second-order valence-corrected chi connectivity index (χ2v) is 13.5. The standard InChI is InChI=1S/C37H56N4O6/c1-26-22-41(27(2)25-42)36(43)33-21-31(39-37(44)38-30-14-17-32(45-5)18-15-30)16-19-34(33)47-28(3)11-9-10-20-46-35(26)24-40(4)23-29-12-7-6-8-13-29/h14-19,21,26-29,35,42H,6-13,20,22-25H2,1-5H3,(H2,38,39,44)/t26-,27+,28+,35+/m1/s1. The minimum atomic E-state index is -0.440. The molecule has 1 heterocycles. The van der Waals surface area contributed by atoms with Crippen LogP contribution >= 0.6 is 0 Å². The van der Waals surface area contributed by atoms with Crippen LogP contribution in [0.4, 0.5) is 16.2 Å². The first-order valence-corrected chi connectivity index (χ1v) is 17.4. The van der Waals surface area contributed by atoms with E-state index in [4.69, 9.17) is 14.2 Å². The Kier molecular flexibility index (Phi) is 14.2. The molecule has 1 saturated carbocycles. The normalized spacial score (nSPS) is 22.5. The Labute approximate surface area is 281 Å². The highest BCUT2D eigenvalue weighted by atomic mass is 16.5. The molecule has 0 radical (unpaired) electrons. The van der Waals surface area contributed by atoms with Gasteiger partial charge in [0.05, 0.1) is 37.5 Å². The molecule has 1 fully saturated rings. The molecular formula is C37H56N4O6. The number of anilines is 2. The summed E-state index contributed by atoms with van der Waals surface area (Å²) in [7, 11) is 3.77. The van der Waals surface area contributed by atoms with Gasteiger partial charge in [-0.25, -0.2) is 4.79 Å². The zero-order chi connectivity index (χ0) is 33.8. The van der Waals surface area contributed by atoms with E-state index in [1.165, 1.54) is 32.1 Å². The third-order valence-corrected chi connectivity index (χ3v) is 9.44. The number of ether oxygens (including phenoxy) is 3. The summed E-state index contributed by atoms with van der Waals surface area (Å²) in [5.74, 6) is 1.64. The summed E-state index contributed by atoms with van der Waals surface area (Å²) < 4.78 is 18.1. The average Bonchev–Trinajstić information content (AvgIpc) is 3.06. The number of fused-ring (bicyclic) bond motifs is 1. The van der Waals surface area contributed by atoms with Gasteiger partial charge in [0.25, 0.3) is 5.91 Å². The fraction of sp³-hybridized carbons (Fsp3) is 0.622. The lowest BCUT2D eigenvalue weighted by molar-refractivity contribution is -0.0190. The van der Waals surface area contributed by atoms with E-state index in [-0.39, 0.29) is 30.6 Å². The number of carbonyl (C=O) groups excluding carboxylic acids is 2. The molecule has 0 spiro atoms. The summed E-state index contributed by atoms with van der Waals surface area (Å²) >= 11 is 0. The van der Waals surface area contributed by atoms with Crippen LogP contribution in [0.1, 0.15) is 82.5 Å². The Morgan fingerprint density at radius 1 is 1.00 bits per heavy atom. The number of nitrogens with one attached hydrogen (secondary N) is 2. The Hall–Kier alpha value is -3.34. The lowest BCUT2D eigenvalue weighted by Gasteiger charge is -2.36. The number of aliphatic hydroxyl groups is 1. The van der Waals surface area contributed by atoms with Crippen molar-refractivity contribution in [3.63, 3.8) is 0 Å². The van der Waals surface area contributed by atoms with Crippen LogP contribution in [0.3, 0.4) is 0 Å². The quantitative estimate of drug-likeness (QED) is 0.278. The Balaban J connectivity index is 1.55. The van der Waals surface area contributed by atoms with Gasteiger partial charge >= 0.3 is 6.03 Å². The van der Waals surface area contributed by atoms with Crippen LogP contribution in [-0.2, 0) is 4.74 Å². The topological polar surface area (TPSA) is 113 Å². The zero-order valence-corrected chi connectivity index (χ0v) is 29.0. The number of amides is 3. The maximum Gasteiger partial charge on any atom is 0.323 e. The summed E-state index contributed by atoms with van der Waals surface area (Å²) in [5, 5.41) is 15.9. The van der Waals surface area contributed by atoms with Gasteiger partial charge in [0.1, 0.15) is 11.5 Å². The van der Waals surface area contributed by atoms with Gasteiger partial charge in [-0.15, -0.1) is 0 Å². The minimum absolute atomic E-state index is 0.0181. The van der Waals surface area contributed by atoms with Gasteiger partial charge in [0.15, 0.2) is 0 Å². The SMILES string of the molecule is COc1ccc(NC(=O)Nc2ccc3c(c2)C(=O)N([C@@H](C)CO)C[C@@H](C)[C@H](CN(C)CC2CCCCC2)OCCCC[C@H](C)O3)cc1. The van der Waals surface area contributed by atoms with Crippen LogP contribution in [-0.4, -0.2) is 92.1 Å². The summed E-state index contributed by atoms with van der Waals surface area (Å²) in [6, 6.07) is 11.3. The second-order valence-electron chi connectivity index (χ2n) is 13.5. The molecule has 10 heteroatoms. The molecule has 260 valence electrons. The fourth-order valence-corrected chi connectivity index (χ4v) is 6.62. The van der Waals surface area contributed by atoms with Gasteiger partial charge in [-0.2, -0.15) is 0 Å². The summed E-state index contributed by atoms with van der Waals surface area (Å²) in [5.41, 5.74) is 1.40. The van der Waals surface area contributed by atoms with Crippen LogP contribution in [0.15, 0.2) is 42.5 Å². The van der Waals surface area contributed by atoms with Crippen LogP contribution in [0.2, 0.25) is 0 Å². The van der Waals surface area contributed by atoms with Gasteiger partial charge in [-0.05, 0) is 101 Å². The first kappa shape index (κ1) is 36.5. The highest BCUT2D eigenvalue weighted by Crippen LogP contribution is 2.29. The predicted molar refractivity (Wildman–Crippen MR) is 187 cm³/mol. The van der Waals surface area contributed by atoms with Crippen molar-refractivity contribution in [2.75, 3.05) is 57.6 Å². The van der Waals surface area contributed by atoms with Crippen molar-refractivity contribution in [1.29, 1.82) is 0 Å². The van der Waals surface area contributed by atoms with Gasteiger partial charge in [-0.1, -0.05) is 26.2 Å². The lowest BCUT2D eigenvalue weighted by atomic mass is 9.89. The molecule has 0 bridgehead atoms. The van der Waals surface area contributed by atoms with Crippen LogP contribution in [0.25, 0.3) is 0 Å². The van der Waals surface area contributed by atoms with Crippen LogP contribution in [0.5, 0.6) is 11.5 Å². The van der Waals surface area contributed by atoms with Crippen molar-refractivity contribution < 1.29 is 28.9 Å². The molecule has 10 nitrogen and oxygen atoms in total. The van der Waals surface area contributed by atoms with E-state index < -0.39 is 12.1 Å². The fourth-order valence-electron chi connectivity index (χ4n) is 6.62. The molecule has 4 atom stereocenters. The molecule has 0 aromatic heterocycles. The van der Waals surface area contributed by atoms with Gasteiger partial charge in [0, 0.05) is 43.5 Å². The molecule has 47 heavy (non-hydrogen) atoms. The monoisotopic (exact) mass is 652 g/mol. The molecule has 2 aliphatic rings. The van der Waals surface area contributed by atoms with Crippen molar-refractivity contribution in [3.8, 4) is 11.5 Å². The number of nitrogens with zero attached hydrogens (tertiary/aromatic N) is 2. The lowest BCUT2D eigenvalue weighted by Crippen LogP contribution is -2.47. The zero-order valence-electron chi connectivity index (χ0n) is 29.0. The van der Waals surface area contributed by atoms with Crippen molar-refractivity contribution in [2.24, 2.45) is 11.8 Å². The van der Waals surface area contributed by atoms with E-state index in [2.05, 4.69) is 29.5 Å². The van der Waals surface area contributed by atoms with Crippen LogP contribution in [0, 0.1) is 11.8 Å². The number of likely N-dealkylation sites (N-methyl/N-ethyl adjacent to an activating group) is 1. The maximum atomic E-state index is 14.4. The van der Waals surface area contributed by atoms with E-state index in [9.17, 15) is 14.7 Å². The largest absolute Gasteiger partial charge is 0.497 e. The molecule has 3 N–H and O–H groups in total. The molecule has 0 unspecified atom stereocenters. The van der Waals surface area contributed by atoms with E-state index in [0.29, 0.717) is 41.6 Å². The third-order valence-electron chi connectivity index (χ3n) is 9.44. The number of benzene rings is 2. The smallest absolute Gasteiger partial charge is 0.323 e. The molecule has 2 aromatic rings. The summed E-state index contributed by atoms with van der Waals surface area (Å²) in [4.78, 5) is 31.4. The minimum Gasteiger partial charge on any atom is -0.497 e.